The van der Waals surface area contributed by atoms with Gasteiger partial charge in [-0.3, -0.25) is 14.9 Å². The van der Waals surface area contributed by atoms with Crippen molar-refractivity contribution in [1.29, 1.82) is 0 Å². The van der Waals surface area contributed by atoms with Crippen LogP contribution in [0.25, 0.3) is 6.08 Å². The molecule has 128 valence electrons. The van der Waals surface area contributed by atoms with Gasteiger partial charge in [-0.25, -0.2) is 4.79 Å². The molecule has 0 aliphatic heterocycles. The lowest BCUT2D eigenvalue weighted by Gasteiger charge is -2.08. The molecule has 0 fully saturated rings. The summed E-state index contributed by atoms with van der Waals surface area (Å²) < 4.78 is 4.83. The number of nitrogens with zero attached hydrogens (tertiary/aromatic N) is 1. The number of carbonyl (C=O) groups excluding carboxylic acids is 2. The fourth-order valence-corrected chi connectivity index (χ4v) is 2.06. The number of hydrogen-bond acceptors (Lipinski definition) is 5. The third kappa shape index (κ3) is 5.28. The van der Waals surface area contributed by atoms with E-state index < -0.39 is 23.4 Å². The SMILES string of the molecule is Cc1cccc([N+](=O)[O-])c1NC(=O)COC(=O)/C=C/c1ccccc1. The van der Waals surface area contributed by atoms with Crippen LogP contribution in [-0.2, 0) is 14.3 Å². The third-order valence-corrected chi connectivity index (χ3v) is 3.27. The largest absolute Gasteiger partial charge is 0.452 e. The maximum absolute atomic E-state index is 11.9. The van der Waals surface area contributed by atoms with Crippen molar-refractivity contribution in [2.24, 2.45) is 0 Å². The van der Waals surface area contributed by atoms with E-state index in [1.165, 1.54) is 18.2 Å². The van der Waals surface area contributed by atoms with Crippen LogP contribution >= 0.6 is 0 Å². The van der Waals surface area contributed by atoms with Gasteiger partial charge in [0.15, 0.2) is 6.61 Å². The van der Waals surface area contributed by atoms with Crippen molar-refractivity contribution >= 4 is 29.3 Å². The summed E-state index contributed by atoms with van der Waals surface area (Å²) in [6.45, 7) is 1.10. The number of aryl methyl sites for hydroxylation is 1. The van der Waals surface area contributed by atoms with E-state index in [1.807, 2.05) is 30.3 Å². The van der Waals surface area contributed by atoms with Crippen LogP contribution in [0.1, 0.15) is 11.1 Å². The molecule has 0 unspecified atom stereocenters. The molecule has 0 saturated carbocycles. The first kappa shape index (κ1) is 17.9. The molecule has 0 bridgehead atoms. The molecule has 2 aromatic rings. The number of esters is 1. The Labute approximate surface area is 144 Å². The van der Waals surface area contributed by atoms with Crippen LogP contribution in [0, 0.1) is 17.0 Å². The number of benzene rings is 2. The monoisotopic (exact) mass is 340 g/mol. The number of para-hydroxylation sites is 1. The predicted octanol–water partition coefficient (Wildman–Crippen LogP) is 3.10. The van der Waals surface area contributed by atoms with E-state index in [0.29, 0.717) is 5.56 Å². The molecule has 0 aliphatic carbocycles. The standard InChI is InChI=1S/C18H16N2O5/c1-13-6-5-9-15(20(23)24)18(13)19-16(21)12-25-17(22)11-10-14-7-3-2-4-8-14/h2-11H,12H2,1H3,(H,19,21)/b11-10+. The first-order chi connectivity index (χ1) is 12.0. The summed E-state index contributed by atoms with van der Waals surface area (Å²) in [4.78, 5) is 33.9. The second kappa shape index (κ2) is 8.39. The fourth-order valence-electron chi connectivity index (χ4n) is 2.06. The molecule has 0 atom stereocenters. The summed E-state index contributed by atoms with van der Waals surface area (Å²) in [6.07, 6.45) is 2.77. The molecule has 1 amide bonds. The molecular formula is C18H16N2O5. The average molecular weight is 340 g/mol. The van der Waals surface area contributed by atoms with Crippen molar-refractivity contribution in [2.75, 3.05) is 11.9 Å². The average Bonchev–Trinajstić information content (AvgIpc) is 2.60. The number of hydrogen-bond donors (Lipinski definition) is 1. The molecule has 1 N–H and O–H groups in total. The van der Waals surface area contributed by atoms with Gasteiger partial charge >= 0.3 is 5.97 Å². The molecule has 7 heteroatoms. The summed E-state index contributed by atoms with van der Waals surface area (Å²) in [5.41, 5.74) is 1.23. The van der Waals surface area contributed by atoms with Crippen LogP contribution in [0.3, 0.4) is 0 Å². The van der Waals surface area contributed by atoms with Gasteiger partial charge in [0.1, 0.15) is 5.69 Å². The Kier molecular flexibility index (Phi) is 6.00. The molecular weight excluding hydrogens is 324 g/mol. The normalized spacial score (nSPS) is 10.4. The van der Waals surface area contributed by atoms with Gasteiger partial charge in [0.2, 0.25) is 0 Å². The van der Waals surface area contributed by atoms with E-state index in [9.17, 15) is 19.7 Å². The molecule has 0 spiro atoms. The third-order valence-electron chi connectivity index (χ3n) is 3.27. The Morgan fingerprint density at radius 1 is 1.16 bits per heavy atom. The lowest BCUT2D eigenvalue weighted by atomic mass is 10.1. The van der Waals surface area contributed by atoms with E-state index in [1.54, 1.807) is 19.1 Å². The number of nitrogens with one attached hydrogen (secondary N) is 1. The summed E-state index contributed by atoms with van der Waals surface area (Å²) in [7, 11) is 0. The van der Waals surface area contributed by atoms with Crippen molar-refractivity contribution in [3.05, 3.63) is 75.8 Å². The lowest BCUT2D eigenvalue weighted by Crippen LogP contribution is -2.21. The fraction of sp³-hybridized carbons (Fsp3) is 0.111. The number of amides is 1. The number of rotatable bonds is 6. The van der Waals surface area contributed by atoms with Crippen LogP contribution in [0.15, 0.2) is 54.6 Å². The van der Waals surface area contributed by atoms with Crippen LogP contribution in [0.4, 0.5) is 11.4 Å². The van der Waals surface area contributed by atoms with Crippen molar-refractivity contribution < 1.29 is 19.2 Å². The number of carbonyl (C=O) groups is 2. The molecule has 0 saturated heterocycles. The van der Waals surface area contributed by atoms with Gasteiger partial charge in [-0.15, -0.1) is 0 Å². The van der Waals surface area contributed by atoms with Crippen LogP contribution in [0.5, 0.6) is 0 Å². The van der Waals surface area contributed by atoms with Gasteiger partial charge in [0.05, 0.1) is 4.92 Å². The Bertz CT molecular complexity index is 815. The van der Waals surface area contributed by atoms with Gasteiger partial charge in [0.25, 0.3) is 11.6 Å². The van der Waals surface area contributed by atoms with E-state index in [2.05, 4.69) is 5.32 Å². The van der Waals surface area contributed by atoms with Gasteiger partial charge in [0, 0.05) is 12.1 Å². The molecule has 2 aromatic carbocycles. The van der Waals surface area contributed by atoms with Crippen molar-refractivity contribution in [3.63, 3.8) is 0 Å². The highest BCUT2D eigenvalue weighted by Gasteiger charge is 2.18. The van der Waals surface area contributed by atoms with Gasteiger partial charge in [-0.1, -0.05) is 42.5 Å². The zero-order valence-corrected chi connectivity index (χ0v) is 13.5. The Morgan fingerprint density at radius 2 is 1.88 bits per heavy atom. The summed E-state index contributed by atoms with van der Waals surface area (Å²) in [5, 5.41) is 13.4. The highest BCUT2D eigenvalue weighted by atomic mass is 16.6. The minimum absolute atomic E-state index is 0.0911. The van der Waals surface area contributed by atoms with E-state index >= 15 is 0 Å². The summed E-state index contributed by atoms with van der Waals surface area (Å²) in [5.74, 6) is -1.34. The highest BCUT2D eigenvalue weighted by molar-refractivity contribution is 5.96. The van der Waals surface area contributed by atoms with Gasteiger partial charge < -0.3 is 10.1 Å². The van der Waals surface area contributed by atoms with Crippen molar-refractivity contribution in [2.45, 2.75) is 6.92 Å². The van der Waals surface area contributed by atoms with Crippen LogP contribution < -0.4 is 5.32 Å². The van der Waals surface area contributed by atoms with E-state index in [-0.39, 0.29) is 11.4 Å². The minimum atomic E-state index is -0.682. The smallest absolute Gasteiger partial charge is 0.331 e. The number of nitro groups is 1. The number of nitro benzene ring substituents is 1. The molecule has 0 heterocycles. The molecule has 7 nitrogen and oxygen atoms in total. The maximum Gasteiger partial charge on any atom is 0.331 e. The molecule has 0 aliphatic rings. The van der Waals surface area contributed by atoms with Crippen molar-refractivity contribution in [3.8, 4) is 0 Å². The topological polar surface area (TPSA) is 98.5 Å². The highest BCUT2D eigenvalue weighted by Crippen LogP contribution is 2.27. The zero-order chi connectivity index (χ0) is 18.2. The van der Waals surface area contributed by atoms with Crippen LogP contribution in [0.2, 0.25) is 0 Å². The molecule has 0 radical (unpaired) electrons. The van der Waals surface area contributed by atoms with Crippen molar-refractivity contribution in [1.82, 2.24) is 0 Å². The Hall–Kier alpha value is -3.48. The van der Waals surface area contributed by atoms with Gasteiger partial charge in [-0.2, -0.15) is 0 Å². The van der Waals surface area contributed by atoms with E-state index in [4.69, 9.17) is 4.74 Å². The quantitative estimate of drug-likeness (QED) is 0.377. The summed E-state index contributed by atoms with van der Waals surface area (Å²) in [6, 6.07) is 13.6. The second-order valence-corrected chi connectivity index (χ2v) is 5.13. The molecule has 2 rings (SSSR count). The van der Waals surface area contributed by atoms with Gasteiger partial charge in [-0.05, 0) is 24.1 Å². The maximum atomic E-state index is 11.9. The van der Waals surface area contributed by atoms with Crippen LogP contribution in [-0.4, -0.2) is 23.4 Å². The van der Waals surface area contributed by atoms with E-state index in [0.717, 1.165) is 5.56 Å². The summed E-state index contributed by atoms with van der Waals surface area (Å²) >= 11 is 0. The second-order valence-electron chi connectivity index (χ2n) is 5.13. The number of ether oxygens (including phenoxy) is 1. The Balaban J connectivity index is 1.92. The predicted molar refractivity (Wildman–Crippen MR) is 92.9 cm³/mol. The molecule has 25 heavy (non-hydrogen) atoms. The molecule has 0 aromatic heterocycles. The minimum Gasteiger partial charge on any atom is -0.452 e. The Morgan fingerprint density at radius 3 is 2.56 bits per heavy atom. The first-order valence-electron chi connectivity index (χ1n) is 7.41. The lowest BCUT2D eigenvalue weighted by molar-refractivity contribution is -0.384. The first-order valence-corrected chi connectivity index (χ1v) is 7.41. The zero-order valence-electron chi connectivity index (χ0n) is 13.5. The number of anilines is 1.